The maximum Gasteiger partial charge on any atom is 0.404 e. The lowest BCUT2D eigenvalue weighted by Gasteiger charge is -2.27. The molecular weight excluding hydrogens is 154 g/mol. The maximum absolute atomic E-state index is 10.3. The summed E-state index contributed by atoms with van der Waals surface area (Å²) in [5.74, 6) is 0.830. The molecule has 1 aliphatic rings. The number of nitrogens with one attached hydrogen (secondary N) is 1. The van der Waals surface area contributed by atoms with Crippen LogP contribution in [-0.2, 0) is 0 Å². The van der Waals surface area contributed by atoms with Gasteiger partial charge >= 0.3 is 6.09 Å². The Hall–Kier alpha value is -0.730. The van der Waals surface area contributed by atoms with Crippen LogP contribution < -0.4 is 5.32 Å². The van der Waals surface area contributed by atoms with Gasteiger partial charge in [0.25, 0.3) is 0 Å². The number of amides is 1. The largest absolute Gasteiger partial charge is 0.465 e. The fourth-order valence-electron chi connectivity index (χ4n) is 1.89. The van der Waals surface area contributed by atoms with Crippen LogP contribution in [0.5, 0.6) is 0 Å². The Morgan fingerprint density at radius 3 is 2.42 bits per heavy atom. The van der Waals surface area contributed by atoms with E-state index in [4.69, 9.17) is 5.11 Å². The molecular formula is C9H17NO2. The minimum absolute atomic E-state index is 0.213. The molecule has 1 amide bonds. The second-order valence-electron chi connectivity index (χ2n) is 3.58. The van der Waals surface area contributed by atoms with Gasteiger partial charge in [0.15, 0.2) is 0 Å². The summed E-state index contributed by atoms with van der Waals surface area (Å²) in [5, 5.41) is 11.0. The van der Waals surface area contributed by atoms with E-state index < -0.39 is 6.09 Å². The molecule has 0 atom stereocenters. The minimum atomic E-state index is -0.880. The van der Waals surface area contributed by atoms with Crippen LogP contribution in [0.3, 0.4) is 0 Å². The van der Waals surface area contributed by atoms with Crippen molar-refractivity contribution in [1.29, 1.82) is 0 Å². The topological polar surface area (TPSA) is 49.3 Å². The Kier molecular flexibility index (Phi) is 3.38. The summed E-state index contributed by atoms with van der Waals surface area (Å²) in [4.78, 5) is 10.3. The quantitative estimate of drug-likeness (QED) is 0.669. The zero-order valence-corrected chi connectivity index (χ0v) is 7.55. The molecule has 3 nitrogen and oxygen atoms in total. The Morgan fingerprint density at radius 1 is 1.42 bits per heavy atom. The van der Waals surface area contributed by atoms with Crippen LogP contribution in [0.1, 0.15) is 39.0 Å². The molecule has 0 radical (unpaired) electrons. The van der Waals surface area contributed by atoms with Crippen molar-refractivity contribution in [3.05, 3.63) is 0 Å². The average molecular weight is 171 g/mol. The van der Waals surface area contributed by atoms with Gasteiger partial charge in [-0.3, -0.25) is 0 Å². The third-order valence-corrected chi connectivity index (χ3v) is 2.75. The molecule has 3 heteroatoms. The highest BCUT2D eigenvalue weighted by molar-refractivity contribution is 5.64. The second kappa shape index (κ2) is 4.33. The van der Waals surface area contributed by atoms with Gasteiger partial charge in [0.2, 0.25) is 0 Å². The summed E-state index contributed by atoms with van der Waals surface area (Å²) >= 11 is 0. The molecule has 0 aromatic heterocycles. The predicted molar refractivity (Wildman–Crippen MR) is 47.2 cm³/mol. The monoisotopic (exact) mass is 171 g/mol. The Bertz CT molecular complexity index is 151. The predicted octanol–water partition coefficient (Wildman–Crippen LogP) is 2.22. The first kappa shape index (κ1) is 9.36. The van der Waals surface area contributed by atoms with E-state index in [2.05, 4.69) is 12.2 Å². The molecule has 0 aromatic rings. The lowest BCUT2D eigenvalue weighted by Crippen LogP contribution is -2.36. The number of hydrogen-bond donors (Lipinski definition) is 2. The van der Waals surface area contributed by atoms with Crippen molar-refractivity contribution in [2.24, 2.45) is 5.92 Å². The van der Waals surface area contributed by atoms with E-state index >= 15 is 0 Å². The van der Waals surface area contributed by atoms with Crippen LogP contribution in [0.15, 0.2) is 0 Å². The Labute approximate surface area is 73.2 Å². The number of rotatable bonds is 2. The van der Waals surface area contributed by atoms with Crippen molar-refractivity contribution >= 4 is 6.09 Å². The van der Waals surface area contributed by atoms with Gasteiger partial charge < -0.3 is 10.4 Å². The van der Waals surface area contributed by atoms with Gasteiger partial charge in [0, 0.05) is 6.04 Å². The Balaban J connectivity index is 2.21. The molecule has 1 aliphatic carbocycles. The molecule has 0 spiro atoms. The fourth-order valence-corrected chi connectivity index (χ4v) is 1.89. The first-order valence-corrected chi connectivity index (χ1v) is 4.71. The van der Waals surface area contributed by atoms with E-state index in [1.54, 1.807) is 0 Å². The van der Waals surface area contributed by atoms with Gasteiger partial charge in [-0.1, -0.05) is 13.3 Å². The number of hydrogen-bond acceptors (Lipinski definition) is 1. The van der Waals surface area contributed by atoms with Gasteiger partial charge in [0.05, 0.1) is 0 Å². The van der Waals surface area contributed by atoms with Crippen molar-refractivity contribution in [2.75, 3.05) is 0 Å². The van der Waals surface area contributed by atoms with Crippen LogP contribution in [0.25, 0.3) is 0 Å². The zero-order chi connectivity index (χ0) is 8.97. The first-order valence-electron chi connectivity index (χ1n) is 4.71. The lowest BCUT2D eigenvalue weighted by atomic mass is 9.85. The minimum Gasteiger partial charge on any atom is -0.465 e. The van der Waals surface area contributed by atoms with E-state index in [1.807, 2.05) is 0 Å². The summed E-state index contributed by atoms with van der Waals surface area (Å²) in [6, 6.07) is 0.213. The molecule has 70 valence electrons. The van der Waals surface area contributed by atoms with Crippen molar-refractivity contribution in [1.82, 2.24) is 5.32 Å². The van der Waals surface area contributed by atoms with Gasteiger partial charge in [-0.25, -0.2) is 4.79 Å². The third kappa shape index (κ3) is 2.72. The summed E-state index contributed by atoms with van der Waals surface area (Å²) in [7, 11) is 0. The number of carboxylic acid groups (broad SMARTS) is 1. The van der Waals surface area contributed by atoms with Gasteiger partial charge in [-0.05, 0) is 31.6 Å². The Morgan fingerprint density at radius 2 is 2.00 bits per heavy atom. The average Bonchev–Trinajstić information content (AvgIpc) is 2.05. The van der Waals surface area contributed by atoms with E-state index in [0.717, 1.165) is 18.8 Å². The molecule has 2 N–H and O–H groups in total. The van der Waals surface area contributed by atoms with Crippen LogP contribution in [-0.4, -0.2) is 17.2 Å². The smallest absolute Gasteiger partial charge is 0.404 e. The highest BCUT2D eigenvalue weighted by Crippen LogP contribution is 2.26. The summed E-state index contributed by atoms with van der Waals surface area (Å²) in [6.45, 7) is 2.20. The zero-order valence-electron chi connectivity index (χ0n) is 7.55. The molecule has 1 saturated carbocycles. The SMILES string of the molecule is CCC1CCC(NC(=O)O)CC1. The first-order chi connectivity index (χ1) is 5.72. The summed E-state index contributed by atoms with van der Waals surface area (Å²) < 4.78 is 0. The second-order valence-corrected chi connectivity index (χ2v) is 3.58. The van der Waals surface area contributed by atoms with Crippen molar-refractivity contribution in [3.8, 4) is 0 Å². The molecule has 0 aliphatic heterocycles. The molecule has 0 aromatic carbocycles. The highest BCUT2D eigenvalue weighted by Gasteiger charge is 2.20. The van der Waals surface area contributed by atoms with Crippen LogP contribution in [0, 0.1) is 5.92 Å². The van der Waals surface area contributed by atoms with Crippen molar-refractivity contribution < 1.29 is 9.90 Å². The molecule has 1 rings (SSSR count). The molecule has 12 heavy (non-hydrogen) atoms. The van der Waals surface area contributed by atoms with E-state index in [9.17, 15) is 4.79 Å². The molecule has 0 unspecified atom stereocenters. The normalized spacial score (nSPS) is 29.8. The lowest BCUT2D eigenvalue weighted by molar-refractivity contribution is 0.182. The molecule has 0 bridgehead atoms. The molecule has 0 heterocycles. The van der Waals surface area contributed by atoms with Crippen LogP contribution in [0.4, 0.5) is 4.79 Å². The van der Waals surface area contributed by atoms with E-state index in [-0.39, 0.29) is 6.04 Å². The van der Waals surface area contributed by atoms with E-state index in [1.165, 1.54) is 19.3 Å². The van der Waals surface area contributed by atoms with Gasteiger partial charge in [0.1, 0.15) is 0 Å². The summed E-state index contributed by atoms with van der Waals surface area (Å²) in [5.41, 5.74) is 0. The summed E-state index contributed by atoms with van der Waals surface area (Å²) in [6.07, 6.45) is 4.76. The van der Waals surface area contributed by atoms with Gasteiger partial charge in [-0.2, -0.15) is 0 Å². The van der Waals surface area contributed by atoms with Crippen molar-refractivity contribution in [2.45, 2.75) is 45.1 Å². The highest BCUT2D eigenvalue weighted by atomic mass is 16.4. The third-order valence-electron chi connectivity index (χ3n) is 2.75. The van der Waals surface area contributed by atoms with Crippen LogP contribution >= 0.6 is 0 Å². The molecule has 1 fully saturated rings. The van der Waals surface area contributed by atoms with E-state index in [0.29, 0.717) is 0 Å². The van der Waals surface area contributed by atoms with Gasteiger partial charge in [-0.15, -0.1) is 0 Å². The fraction of sp³-hybridized carbons (Fsp3) is 0.889. The molecule has 0 saturated heterocycles. The number of carbonyl (C=O) groups is 1. The standard InChI is InChI=1S/C9H17NO2/c1-2-7-3-5-8(6-4-7)10-9(11)12/h7-8,10H,2-6H2,1H3,(H,11,12). The van der Waals surface area contributed by atoms with Crippen molar-refractivity contribution in [3.63, 3.8) is 0 Å². The van der Waals surface area contributed by atoms with Crippen LogP contribution in [0.2, 0.25) is 0 Å². The maximum atomic E-state index is 10.3.